The highest BCUT2D eigenvalue weighted by Gasteiger charge is 2.00. The van der Waals surface area contributed by atoms with Crippen molar-refractivity contribution in [2.45, 2.75) is 0 Å². The zero-order chi connectivity index (χ0) is 7.72. The van der Waals surface area contributed by atoms with Crippen molar-refractivity contribution in [2.75, 3.05) is 5.73 Å². The van der Waals surface area contributed by atoms with Crippen LogP contribution in [0, 0.1) is 3.57 Å². The van der Waals surface area contributed by atoms with E-state index < -0.39 is 0 Å². The molecule has 1 rings (SSSR count). The number of hydrogen-bond acceptors (Lipinski definition) is 1. The van der Waals surface area contributed by atoms with Gasteiger partial charge < -0.3 is 5.73 Å². The second-order valence-corrected chi connectivity index (χ2v) is 4.72. The molecule has 0 spiro atoms. The molecule has 0 saturated carbocycles. The summed E-state index contributed by atoms with van der Waals surface area (Å²) in [5, 5.41) is 0. The third kappa shape index (κ3) is 1.85. The maximum atomic E-state index is 5.68. The molecule has 0 heterocycles. The minimum Gasteiger partial charge on any atom is -0.397 e. The van der Waals surface area contributed by atoms with Gasteiger partial charge in [-0.15, -0.1) is 0 Å². The van der Waals surface area contributed by atoms with Crippen LogP contribution in [0.2, 0.25) is 0 Å². The van der Waals surface area contributed by atoms with Gasteiger partial charge in [-0.2, -0.15) is 0 Å². The largest absolute Gasteiger partial charge is 0.397 e. The Morgan fingerprint density at radius 3 is 2.40 bits per heavy atom. The van der Waals surface area contributed by atoms with Gasteiger partial charge in [0.15, 0.2) is 0 Å². The van der Waals surface area contributed by atoms with Crippen LogP contribution in [-0.4, -0.2) is 0 Å². The van der Waals surface area contributed by atoms with Crippen LogP contribution in [0.5, 0.6) is 0 Å². The van der Waals surface area contributed by atoms with Crippen molar-refractivity contribution in [2.24, 2.45) is 0 Å². The zero-order valence-corrected chi connectivity index (χ0v) is 10.2. The first kappa shape index (κ1) is 8.80. The van der Waals surface area contributed by atoms with E-state index in [0.717, 1.165) is 18.2 Å². The summed E-state index contributed by atoms with van der Waals surface area (Å²) in [5.74, 6) is 0. The number of nitrogens with two attached hydrogens (primary N) is 1. The molecule has 0 aromatic heterocycles. The Labute approximate surface area is 89.8 Å². The quantitative estimate of drug-likeness (QED) is 0.540. The Bertz CT molecular complexity index is 239. The molecule has 0 aliphatic rings. The van der Waals surface area contributed by atoms with Crippen LogP contribution in [0.1, 0.15) is 0 Å². The number of hydrogen-bond donors (Lipinski definition) is 1. The van der Waals surface area contributed by atoms with E-state index in [9.17, 15) is 0 Å². The highest BCUT2D eigenvalue weighted by molar-refractivity contribution is 14.1. The molecule has 0 radical (unpaired) electrons. The van der Waals surface area contributed by atoms with E-state index in [2.05, 4.69) is 54.5 Å². The van der Waals surface area contributed by atoms with Crippen LogP contribution in [0.25, 0.3) is 0 Å². The highest BCUT2D eigenvalue weighted by Crippen LogP contribution is 2.28. The van der Waals surface area contributed by atoms with Gasteiger partial charge in [0.05, 0.1) is 5.69 Å². The molecule has 0 bridgehead atoms. The molecule has 2 N–H and O–H groups in total. The van der Waals surface area contributed by atoms with E-state index in [0.29, 0.717) is 0 Å². The Morgan fingerprint density at radius 2 is 1.90 bits per heavy atom. The summed E-state index contributed by atoms with van der Waals surface area (Å²) in [6, 6.07) is 3.90. The minimum absolute atomic E-state index is 0.795. The van der Waals surface area contributed by atoms with Crippen LogP contribution < -0.4 is 5.73 Å². The first-order valence-corrected chi connectivity index (χ1v) is 5.18. The number of halogens is 3. The van der Waals surface area contributed by atoms with Gasteiger partial charge in [0, 0.05) is 12.5 Å². The van der Waals surface area contributed by atoms with Gasteiger partial charge in [-0.05, 0) is 50.7 Å². The van der Waals surface area contributed by atoms with Crippen LogP contribution in [-0.2, 0) is 0 Å². The lowest BCUT2D eigenvalue weighted by molar-refractivity contribution is 1.54. The zero-order valence-electron chi connectivity index (χ0n) is 4.87. The van der Waals surface area contributed by atoms with Crippen molar-refractivity contribution in [3.63, 3.8) is 0 Å². The molecule has 54 valence electrons. The second kappa shape index (κ2) is 3.40. The van der Waals surface area contributed by atoms with Crippen LogP contribution in [0.3, 0.4) is 0 Å². The average Bonchev–Trinajstić information content (AvgIpc) is 1.82. The molecule has 10 heavy (non-hydrogen) atoms. The summed E-state index contributed by atoms with van der Waals surface area (Å²) in [6.45, 7) is 0. The lowest BCUT2D eigenvalue weighted by atomic mass is 11.3. The molecular formula is C6H4Br2IN. The summed E-state index contributed by atoms with van der Waals surface area (Å²) >= 11 is 8.88. The third-order valence-corrected chi connectivity index (χ3v) is 3.05. The summed E-state index contributed by atoms with van der Waals surface area (Å²) in [5.41, 5.74) is 6.47. The van der Waals surface area contributed by atoms with Crippen molar-refractivity contribution in [3.8, 4) is 0 Å². The van der Waals surface area contributed by atoms with E-state index in [4.69, 9.17) is 5.73 Å². The lowest BCUT2D eigenvalue weighted by Crippen LogP contribution is -1.89. The van der Waals surface area contributed by atoms with E-state index in [1.54, 1.807) is 0 Å². The Morgan fingerprint density at radius 1 is 1.30 bits per heavy atom. The van der Waals surface area contributed by atoms with Crippen molar-refractivity contribution >= 4 is 60.1 Å². The van der Waals surface area contributed by atoms with Crippen LogP contribution >= 0.6 is 54.5 Å². The normalized spacial score (nSPS) is 9.90. The minimum atomic E-state index is 0.795. The molecule has 0 aliphatic heterocycles. The lowest BCUT2D eigenvalue weighted by Gasteiger charge is -2.00. The standard InChI is InChI=1S/C6H4Br2IN/c7-3-1-4(8)6(10)5(9)2-3/h1-2H,10H2/i1+1,2+1,3+1,4+1,5+1,6+1. The van der Waals surface area contributed by atoms with Crippen molar-refractivity contribution < 1.29 is 0 Å². The fourth-order valence-corrected chi connectivity index (χ4v) is 3.20. The maximum absolute atomic E-state index is 5.68. The number of benzene rings is 1. The molecule has 4 heteroatoms. The molecule has 1 nitrogen and oxygen atoms in total. The van der Waals surface area contributed by atoms with Gasteiger partial charge in [-0.3, -0.25) is 0 Å². The summed E-state index contributed by atoms with van der Waals surface area (Å²) in [4.78, 5) is 0. The van der Waals surface area contributed by atoms with E-state index >= 15 is 0 Å². The van der Waals surface area contributed by atoms with Gasteiger partial charge in [-0.1, -0.05) is 15.9 Å². The van der Waals surface area contributed by atoms with Crippen LogP contribution in [0.15, 0.2) is 21.1 Å². The molecule has 0 atom stereocenters. The van der Waals surface area contributed by atoms with Gasteiger partial charge in [0.1, 0.15) is 0 Å². The topological polar surface area (TPSA) is 26.0 Å². The molecule has 0 fully saturated rings. The molecule has 0 saturated heterocycles. The fraction of sp³-hybridized carbons (Fsp3) is 0. The summed E-state index contributed by atoms with van der Waals surface area (Å²) in [6.07, 6.45) is 0. The van der Waals surface area contributed by atoms with E-state index in [-0.39, 0.29) is 0 Å². The fourth-order valence-electron chi connectivity index (χ4n) is 0.553. The molecule has 0 aliphatic carbocycles. The van der Waals surface area contributed by atoms with E-state index in [1.807, 2.05) is 12.1 Å². The number of nitrogen functional groups attached to an aromatic ring is 1. The monoisotopic (exact) mass is 381 g/mol. The van der Waals surface area contributed by atoms with Crippen molar-refractivity contribution in [1.29, 1.82) is 0 Å². The van der Waals surface area contributed by atoms with Crippen molar-refractivity contribution in [3.05, 3.63) is 24.6 Å². The predicted octanol–water partition coefficient (Wildman–Crippen LogP) is 3.40. The van der Waals surface area contributed by atoms with Gasteiger partial charge in [0.25, 0.3) is 0 Å². The molecular weight excluding hydrogens is 379 g/mol. The molecule has 0 unspecified atom stereocenters. The SMILES string of the molecule is N[13c]1[13c](Br)[13cH][13c](Br)[13cH][13c]1I. The Kier molecular flexibility index (Phi) is 3.00. The highest BCUT2D eigenvalue weighted by atomic mass is 127. The smallest absolute Gasteiger partial charge is 0.0594 e. The van der Waals surface area contributed by atoms with E-state index in [1.165, 1.54) is 0 Å². The van der Waals surface area contributed by atoms with Crippen molar-refractivity contribution in [1.82, 2.24) is 0 Å². The summed E-state index contributed by atoms with van der Waals surface area (Å²) in [7, 11) is 0. The number of rotatable bonds is 0. The first-order chi connectivity index (χ1) is 4.61. The molecule has 0 amide bonds. The average molecular weight is 383 g/mol. The maximum Gasteiger partial charge on any atom is 0.0594 e. The Hall–Kier alpha value is 0.710. The second-order valence-electron chi connectivity index (χ2n) is 1.78. The first-order valence-electron chi connectivity index (χ1n) is 2.51. The Balaban J connectivity index is 3.31. The predicted molar refractivity (Wildman–Crippen MR) is 59.0 cm³/mol. The summed E-state index contributed by atoms with van der Waals surface area (Å²) < 4.78 is 3.03. The molecule has 1 aromatic rings. The van der Waals surface area contributed by atoms with Gasteiger partial charge in [0.2, 0.25) is 0 Å². The molecule has 1 aromatic carbocycles. The van der Waals surface area contributed by atoms with Gasteiger partial charge in [-0.25, -0.2) is 0 Å². The van der Waals surface area contributed by atoms with Crippen LogP contribution in [0.4, 0.5) is 5.69 Å². The third-order valence-electron chi connectivity index (χ3n) is 1.04. The number of anilines is 1. The van der Waals surface area contributed by atoms with Gasteiger partial charge >= 0.3 is 0 Å².